The first-order chi connectivity index (χ1) is 9.71. The third-order valence-corrected chi connectivity index (χ3v) is 6.02. The van der Waals surface area contributed by atoms with E-state index in [4.69, 9.17) is 0 Å². The van der Waals surface area contributed by atoms with Gasteiger partial charge in [0.05, 0.1) is 16.9 Å². The normalized spacial score (nSPS) is 26.4. The molecule has 21 heavy (non-hydrogen) atoms. The van der Waals surface area contributed by atoms with Crippen molar-refractivity contribution in [1.29, 1.82) is 0 Å². The first kappa shape index (κ1) is 14.5. The van der Waals surface area contributed by atoms with Gasteiger partial charge in [-0.15, -0.1) is 0 Å². The molecule has 1 aromatic carbocycles. The number of nitrogens with zero attached hydrogens (tertiary/aromatic N) is 2. The summed E-state index contributed by atoms with van der Waals surface area (Å²) in [6.07, 6.45) is 0.658. The molecule has 1 fully saturated rings. The van der Waals surface area contributed by atoms with Crippen LogP contribution in [0.3, 0.4) is 0 Å². The fraction of sp³-hybridized carbons (Fsp3) is 0.500. The Balaban J connectivity index is 1.95. The molecule has 1 amide bonds. The monoisotopic (exact) mass is 310 g/mol. The summed E-state index contributed by atoms with van der Waals surface area (Å²) >= 11 is 0. The molecule has 0 saturated carbocycles. The Labute approximate surface area is 124 Å². The number of aliphatic hydroxyl groups is 1. The zero-order chi connectivity index (χ0) is 15.4. The predicted octanol–water partition coefficient (Wildman–Crippen LogP) is 0.351. The molecule has 0 bridgehead atoms. The van der Waals surface area contributed by atoms with Gasteiger partial charge in [-0.05, 0) is 37.1 Å². The Morgan fingerprint density at radius 2 is 2.05 bits per heavy atom. The van der Waals surface area contributed by atoms with Gasteiger partial charge in [-0.25, -0.2) is 8.42 Å². The zero-order valence-electron chi connectivity index (χ0n) is 12.0. The van der Waals surface area contributed by atoms with E-state index in [0.717, 1.165) is 11.3 Å². The molecule has 6 nitrogen and oxygen atoms in total. The standard InChI is InChI=1S/C14H18N2O4S/c1-14(18)5-6-16(9-14)21(19,20)11-3-4-12-10(7-11)8-13(17)15(12)2/h3-4,7,18H,5-6,8-9H2,1-2H3. The number of hydrogen-bond donors (Lipinski definition) is 1. The van der Waals surface area contributed by atoms with Gasteiger partial charge in [0.1, 0.15) is 0 Å². The number of fused-ring (bicyclic) bond motifs is 1. The van der Waals surface area contributed by atoms with Crippen LogP contribution < -0.4 is 4.90 Å². The zero-order valence-corrected chi connectivity index (χ0v) is 12.9. The van der Waals surface area contributed by atoms with Crippen LogP contribution in [0.25, 0.3) is 0 Å². The van der Waals surface area contributed by atoms with Gasteiger partial charge < -0.3 is 10.0 Å². The molecule has 7 heteroatoms. The van der Waals surface area contributed by atoms with Crippen molar-refractivity contribution in [2.24, 2.45) is 0 Å². The number of anilines is 1. The summed E-state index contributed by atoms with van der Waals surface area (Å²) in [6.45, 7) is 2.05. The van der Waals surface area contributed by atoms with Crippen molar-refractivity contribution >= 4 is 21.6 Å². The highest BCUT2D eigenvalue weighted by molar-refractivity contribution is 7.89. The minimum atomic E-state index is -3.62. The third kappa shape index (κ3) is 2.35. The average Bonchev–Trinajstić information content (AvgIpc) is 2.91. The van der Waals surface area contributed by atoms with E-state index in [9.17, 15) is 18.3 Å². The molecule has 1 N–H and O–H groups in total. The largest absolute Gasteiger partial charge is 0.389 e. The first-order valence-corrected chi connectivity index (χ1v) is 8.27. The minimum absolute atomic E-state index is 0.0383. The van der Waals surface area contributed by atoms with E-state index in [-0.39, 0.29) is 23.8 Å². The second-order valence-corrected chi connectivity index (χ2v) is 7.94. The Kier molecular flexibility index (Phi) is 3.12. The summed E-state index contributed by atoms with van der Waals surface area (Å²) in [5, 5.41) is 9.94. The molecule has 1 saturated heterocycles. The van der Waals surface area contributed by atoms with Crippen molar-refractivity contribution in [3.63, 3.8) is 0 Å². The summed E-state index contributed by atoms with van der Waals surface area (Å²) < 4.78 is 26.5. The predicted molar refractivity (Wildman–Crippen MR) is 77.6 cm³/mol. The molecule has 3 rings (SSSR count). The smallest absolute Gasteiger partial charge is 0.243 e. The molecular weight excluding hydrogens is 292 g/mol. The fourth-order valence-corrected chi connectivity index (χ4v) is 4.47. The number of rotatable bonds is 2. The van der Waals surface area contributed by atoms with Crippen LogP contribution in [0.4, 0.5) is 5.69 Å². The van der Waals surface area contributed by atoms with Crippen LogP contribution in [0.1, 0.15) is 18.9 Å². The van der Waals surface area contributed by atoms with Crippen molar-refractivity contribution in [3.8, 4) is 0 Å². The summed E-state index contributed by atoms with van der Waals surface area (Å²) in [5.74, 6) is -0.0383. The van der Waals surface area contributed by atoms with Crippen LogP contribution in [0.2, 0.25) is 0 Å². The van der Waals surface area contributed by atoms with Crippen molar-refractivity contribution in [1.82, 2.24) is 4.31 Å². The van der Waals surface area contributed by atoms with Gasteiger partial charge in [0.15, 0.2) is 0 Å². The number of sulfonamides is 1. The lowest BCUT2D eigenvalue weighted by molar-refractivity contribution is -0.117. The Hall–Kier alpha value is -1.44. The number of amides is 1. The second-order valence-electron chi connectivity index (χ2n) is 6.01. The molecule has 1 unspecified atom stereocenters. The summed E-state index contributed by atoms with van der Waals surface area (Å²) in [5.41, 5.74) is 0.516. The summed E-state index contributed by atoms with van der Waals surface area (Å²) in [7, 11) is -1.94. The quantitative estimate of drug-likeness (QED) is 0.855. The molecule has 0 spiro atoms. The van der Waals surface area contributed by atoms with Crippen molar-refractivity contribution in [3.05, 3.63) is 23.8 Å². The van der Waals surface area contributed by atoms with Gasteiger partial charge >= 0.3 is 0 Å². The highest BCUT2D eigenvalue weighted by Crippen LogP contribution is 2.32. The maximum absolute atomic E-state index is 12.6. The lowest BCUT2D eigenvalue weighted by atomic mass is 10.1. The Bertz CT molecular complexity index is 712. The van der Waals surface area contributed by atoms with Crippen LogP contribution in [0, 0.1) is 0 Å². The van der Waals surface area contributed by atoms with Crippen molar-refractivity contribution in [2.45, 2.75) is 30.3 Å². The van der Waals surface area contributed by atoms with Crippen LogP contribution in [0.15, 0.2) is 23.1 Å². The van der Waals surface area contributed by atoms with E-state index in [1.54, 1.807) is 26.1 Å². The molecule has 2 aliphatic rings. The van der Waals surface area contributed by atoms with E-state index >= 15 is 0 Å². The molecule has 114 valence electrons. The van der Waals surface area contributed by atoms with Crippen LogP contribution in [-0.2, 0) is 21.2 Å². The van der Waals surface area contributed by atoms with Gasteiger partial charge in [0, 0.05) is 25.8 Å². The van der Waals surface area contributed by atoms with Gasteiger partial charge in [-0.3, -0.25) is 4.79 Å². The van der Waals surface area contributed by atoms with Crippen molar-refractivity contribution < 1.29 is 18.3 Å². The minimum Gasteiger partial charge on any atom is -0.389 e. The molecule has 0 aliphatic carbocycles. The highest BCUT2D eigenvalue weighted by Gasteiger charge is 2.39. The average molecular weight is 310 g/mol. The fourth-order valence-electron chi connectivity index (χ4n) is 2.86. The maximum atomic E-state index is 12.6. The highest BCUT2D eigenvalue weighted by atomic mass is 32.2. The van der Waals surface area contributed by atoms with E-state index < -0.39 is 15.6 Å². The molecule has 0 radical (unpaired) electrons. The SMILES string of the molecule is CN1C(=O)Cc2cc(S(=O)(=O)N3CCC(C)(O)C3)ccc21. The van der Waals surface area contributed by atoms with Crippen LogP contribution in [-0.4, -0.2) is 49.5 Å². The number of β-amino-alcohol motifs (C(OH)–C–C–N with tert-alkyl or cyclic N) is 1. The van der Waals surface area contributed by atoms with E-state index in [1.807, 2.05) is 0 Å². The lowest BCUT2D eigenvalue weighted by Crippen LogP contribution is -2.33. The maximum Gasteiger partial charge on any atom is 0.243 e. The topological polar surface area (TPSA) is 77.9 Å². The summed E-state index contributed by atoms with van der Waals surface area (Å²) in [6, 6.07) is 4.76. The molecule has 2 aliphatic heterocycles. The third-order valence-electron chi connectivity index (χ3n) is 4.18. The lowest BCUT2D eigenvalue weighted by Gasteiger charge is -2.19. The molecule has 2 heterocycles. The van der Waals surface area contributed by atoms with E-state index in [1.165, 1.54) is 15.3 Å². The molecule has 0 aromatic heterocycles. The number of carbonyl (C=O) groups is 1. The van der Waals surface area contributed by atoms with Crippen LogP contribution >= 0.6 is 0 Å². The molecule has 1 atom stereocenters. The van der Waals surface area contributed by atoms with Gasteiger partial charge in [-0.1, -0.05) is 0 Å². The first-order valence-electron chi connectivity index (χ1n) is 6.83. The Morgan fingerprint density at radius 1 is 1.33 bits per heavy atom. The van der Waals surface area contributed by atoms with E-state index in [2.05, 4.69) is 0 Å². The number of hydrogen-bond acceptors (Lipinski definition) is 4. The molecule has 1 aromatic rings. The molecular formula is C14H18N2O4S. The van der Waals surface area contributed by atoms with E-state index in [0.29, 0.717) is 13.0 Å². The Morgan fingerprint density at radius 3 is 2.67 bits per heavy atom. The van der Waals surface area contributed by atoms with Gasteiger partial charge in [-0.2, -0.15) is 4.31 Å². The number of benzene rings is 1. The number of likely N-dealkylation sites (N-methyl/N-ethyl adjacent to an activating group) is 1. The summed E-state index contributed by atoms with van der Waals surface area (Å²) in [4.78, 5) is 13.4. The van der Waals surface area contributed by atoms with Crippen molar-refractivity contribution in [2.75, 3.05) is 25.0 Å². The van der Waals surface area contributed by atoms with Gasteiger partial charge in [0.25, 0.3) is 0 Å². The number of carbonyl (C=O) groups excluding carboxylic acids is 1. The van der Waals surface area contributed by atoms with Crippen LogP contribution in [0.5, 0.6) is 0 Å². The van der Waals surface area contributed by atoms with Gasteiger partial charge in [0.2, 0.25) is 15.9 Å². The second kappa shape index (κ2) is 4.53.